The van der Waals surface area contributed by atoms with Gasteiger partial charge in [-0.1, -0.05) is 11.6 Å². The lowest BCUT2D eigenvalue weighted by molar-refractivity contribution is -0.0167. The van der Waals surface area contributed by atoms with Crippen LogP contribution in [0.1, 0.15) is 55.8 Å². The van der Waals surface area contributed by atoms with Crippen LogP contribution in [0.4, 0.5) is 0 Å². The van der Waals surface area contributed by atoms with Gasteiger partial charge in [0.15, 0.2) is 0 Å². The first-order valence-corrected chi connectivity index (χ1v) is 9.19. The van der Waals surface area contributed by atoms with Gasteiger partial charge in [-0.2, -0.15) is 0 Å². The molecule has 0 saturated heterocycles. The van der Waals surface area contributed by atoms with Gasteiger partial charge < -0.3 is 10.1 Å². The van der Waals surface area contributed by atoms with E-state index in [1.165, 1.54) is 19.3 Å². The molecule has 0 heterocycles. The van der Waals surface area contributed by atoms with Gasteiger partial charge in [0.2, 0.25) is 0 Å². The van der Waals surface area contributed by atoms with Crippen molar-refractivity contribution in [2.75, 3.05) is 6.61 Å². The lowest BCUT2D eigenvalue weighted by atomic mass is 9.53. The lowest BCUT2D eigenvalue weighted by Gasteiger charge is -2.56. The van der Waals surface area contributed by atoms with Crippen LogP contribution < -0.4 is 10.1 Å². The monoisotopic (exact) mass is 333 g/mol. The van der Waals surface area contributed by atoms with Crippen molar-refractivity contribution in [2.45, 2.75) is 51.0 Å². The molecule has 3 nitrogen and oxygen atoms in total. The van der Waals surface area contributed by atoms with Crippen LogP contribution in [-0.4, -0.2) is 18.1 Å². The molecule has 0 radical (unpaired) electrons. The van der Waals surface area contributed by atoms with Crippen LogP contribution >= 0.6 is 11.6 Å². The maximum Gasteiger partial charge on any atom is 0.251 e. The topological polar surface area (TPSA) is 38.3 Å². The quantitative estimate of drug-likeness (QED) is 0.884. The predicted molar refractivity (Wildman–Crippen MR) is 91.0 cm³/mol. The van der Waals surface area contributed by atoms with E-state index in [-0.39, 0.29) is 11.4 Å². The average molecular weight is 334 g/mol. The fraction of sp³-hybridized carbons (Fsp3) is 0.632. The summed E-state index contributed by atoms with van der Waals surface area (Å²) in [6, 6.07) is 5.33. The van der Waals surface area contributed by atoms with Crippen LogP contribution in [0.3, 0.4) is 0 Å². The van der Waals surface area contributed by atoms with Crippen molar-refractivity contribution in [3.63, 3.8) is 0 Å². The number of carbonyl (C=O) groups is 1. The van der Waals surface area contributed by atoms with Gasteiger partial charge in [-0.3, -0.25) is 4.79 Å². The molecule has 124 valence electrons. The third-order valence-corrected chi connectivity index (χ3v) is 6.21. The van der Waals surface area contributed by atoms with Crippen molar-refractivity contribution in [1.29, 1.82) is 0 Å². The number of benzene rings is 1. The van der Waals surface area contributed by atoms with Crippen LogP contribution in [0.15, 0.2) is 18.2 Å². The molecular formula is C19H24ClNO2. The fourth-order valence-corrected chi connectivity index (χ4v) is 5.73. The van der Waals surface area contributed by atoms with E-state index < -0.39 is 0 Å². The summed E-state index contributed by atoms with van der Waals surface area (Å²) in [7, 11) is 0. The Kier molecular flexibility index (Phi) is 3.79. The minimum atomic E-state index is 0.0110. The Morgan fingerprint density at radius 1 is 1.22 bits per heavy atom. The SMILES string of the molecule is CCOc1ccc(C(=O)NC23CC4CC(CC(C4)C2)C3)cc1Cl. The van der Waals surface area contributed by atoms with E-state index in [1.54, 1.807) is 12.1 Å². The zero-order valence-corrected chi connectivity index (χ0v) is 14.4. The van der Waals surface area contributed by atoms with E-state index in [9.17, 15) is 4.79 Å². The number of nitrogens with one attached hydrogen (secondary N) is 1. The van der Waals surface area contributed by atoms with E-state index in [1.807, 2.05) is 13.0 Å². The second kappa shape index (κ2) is 5.70. The van der Waals surface area contributed by atoms with Crippen LogP contribution in [0.5, 0.6) is 5.75 Å². The maximum atomic E-state index is 12.7. The molecule has 4 aliphatic rings. The van der Waals surface area contributed by atoms with Gasteiger partial charge in [0, 0.05) is 11.1 Å². The predicted octanol–water partition coefficient (Wildman–Crippen LogP) is 4.44. The first kappa shape index (κ1) is 15.3. The highest BCUT2D eigenvalue weighted by atomic mass is 35.5. The summed E-state index contributed by atoms with van der Waals surface area (Å²) in [5.41, 5.74) is 0.672. The zero-order valence-electron chi connectivity index (χ0n) is 13.6. The largest absolute Gasteiger partial charge is 0.492 e. The summed E-state index contributed by atoms with van der Waals surface area (Å²) >= 11 is 6.22. The summed E-state index contributed by atoms with van der Waals surface area (Å²) < 4.78 is 5.44. The first-order valence-electron chi connectivity index (χ1n) is 8.82. The van der Waals surface area contributed by atoms with E-state index in [0.717, 1.165) is 37.0 Å². The van der Waals surface area contributed by atoms with E-state index in [0.29, 0.717) is 22.9 Å². The molecule has 0 atom stereocenters. The van der Waals surface area contributed by atoms with Gasteiger partial charge >= 0.3 is 0 Å². The van der Waals surface area contributed by atoms with Crippen LogP contribution in [0.2, 0.25) is 5.02 Å². The minimum Gasteiger partial charge on any atom is -0.492 e. The Bertz CT molecular complexity index is 593. The molecule has 0 unspecified atom stereocenters. The van der Waals surface area contributed by atoms with Crippen molar-refractivity contribution in [1.82, 2.24) is 5.32 Å². The van der Waals surface area contributed by atoms with E-state index >= 15 is 0 Å². The van der Waals surface area contributed by atoms with E-state index in [4.69, 9.17) is 16.3 Å². The second-order valence-electron chi connectivity index (χ2n) is 7.73. The molecule has 1 amide bonds. The summed E-state index contributed by atoms with van der Waals surface area (Å²) in [4.78, 5) is 12.7. The molecule has 23 heavy (non-hydrogen) atoms. The van der Waals surface area contributed by atoms with Crippen molar-refractivity contribution in [3.8, 4) is 5.75 Å². The van der Waals surface area contributed by atoms with Gasteiger partial charge in [0.05, 0.1) is 11.6 Å². The highest BCUT2D eigenvalue weighted by molar-refractivity contribution is 6.32. The number of hydrogen-bond acceptors (Lipinski definition) is 2. The summed E-state index contributed by atoms with van der Waals surface area (Å²) in [5, 5.41) is 3.89. The molecular weight excluding hydrogens is 310 g/mol. The number of hydrogen-bond donors (Lipinski definition) is 1. The highest BCUT2D eigenvalue weighted by Gasteiger charge is 2.51. The molecule has 4 heteroatoms. The molecule has 0 aromatic heterocycles. The highest BCUT2D eigenvalue weighted by Crippen LogP contribution is 2.55. The van der Waals surface area contributed by atoms with Gasteiger partial charge in [-0.25, -0.2) is 0 Å². The molecule has 4 fully saturated rings. The number of rotatable bonds is 4. The Balaban J connectivity index is 1.51. The Morgan fingerprint density at radius 2 is 1.83 bits per heavy atom. The van der Waals surface area contributed by atoms with Crippen LogP contribution in [0, 0.1) is 17.8 Å². The maximum absolute atomic E-state index is 12.7. The van der Waals surface area contributed by atoms with Crippen molar-refractivity contribution < 1.29 is 9.53 Å². The van der Waals surface area contributed by atoms with Crippen molar-refractivity contribution in [3.05, 3.63) is 28.8 Å². The molecule has 1 aromatic carbocycles. The zero-order chi connectivity index (χ0) is 16.0. The molecule has 4 saturated carbocycles. The summed E-state index contributed by atoms with van der Waals surface area (Å²) in [6.07, 6.45) is 7.62. The number of amides is 1. The van der Waals surface area contributed by atoms with Gasteiger partial charge in [-0.05, 0) is 81.4 Å². The molecule has 1 N–H and O–H groups in total. The molecule has 4 aliphatic carbocycles. The molecule has 0 aliphatic heterocycles. The lowest BCUT2D eigenvalue weighted by Crippen LogP contribution is -2.59. The number of halogens is 1. The molecule has 4 bridgehead atoms. The first-order chi connectivity index (χ1) is 11.1. The van der Waals surface area contributed by atoms with Gasteiger partial charge in [-0.15, -0.1) is 0 Å². The second-order valence-corrected chi connectivity index (χ2v) is 8.14. The normalized spacial score (nSPS) is 34.4. The smallest absolute Gasteiger partial charge is 0.251 e. The van der Waals surface area contributed by atoms with Crippen molar-refractivity contribution >= 4 is 17.5 Å². The average Bonchev–Trinajstić information content (AvgIpc) is 2.47. The Morgan fingerprint density at radius 3 is 2.35 bits per heavy atom. The van der Waals surface area contributed by atoms with Gasteiger partial charge in [0.25, 0.3) is 5.91 Å². The van der Waals surface area contributed by atoms with E-state index in [2.05, 4.69) is 5.32 Å². The molecule has 0 spiro atoms. The van der Waals surface area contributed by atoms with Crippen molar-refractivity contribution in [2.24, 2.45) is 17.8 Å². The van der Waals surface area contributed by atoms with Crippen LogP contribution in [-0.2, 0) is 0 Å². The van der Waals surface area contributed by atoms with Crippen LogP contribution in [0.25, 0.3) is 0 Å². The van der Waals surface area contributed by atoms with Gasteiger partial charge in [0.1, 0.15) is 5.75 Å². The Hall–Kier alpha value is -1.22. The standard InChI is InChI=1S/C19H24ClNO2/c1-2-23-17-4-3-15(8-16(17)20)18(22)21-19-9-12-5-13(10-19)7-14(6-12)11-19/h3-4,8,12-14H,2,5-7,9-11H2,1H3,(H,21,22). The third-order valence-electron chi connectivity index (χ3n) is 5.91. The number of ether oxygens (including phenoxy) is 1. The fourth-order valence-electron chi connectivity index (χ4n) is 5.49. The molecule has 5 rings (SSSR count). The third kappa shape index (κ3) is 2.84. The minimum absolute atomic E-state index is 0.0110. The molecule has 1 aromatic rings. The number of carbonyl (C=O) groups excluding carboxylic acids is 1. The Labute approximate surface area is 142 Å². The summed E-state index contributed by atoms with van der Waals surface area (Å²) in [5.74, 6) is 3.12. The summed E-state index contributed by atoms with van der Waals surface area (Å²) in [6.45, 7) is 2.49.